The Bertz CT molecular complexity index is 512. The van der Waals surface area contributed by atoms with E-state index in [0.29, 0.717) is 5.92 Å². The molecule has 0 spiro atoms. The fraction of sp³-hybridized carbons (Fsp3) is 0.632. The molecule has 0 radical (unpaired) electrons. The summed E-state index contributed by atoms with van der Waals surface area (Å²) < 4.78 is 5.78. The molecule has 0 N–H and O–H groups in total. The predicted molar refractivity (Wildman–Crippen MR) is 84.5 cm³/mol. The largest absolute Gasteiger partial charge is 0.458 e. The Morgan fingerprint density at radius 3 is 2.67 bits per heavy atom. The Labute approximate surface area is 127 Å². The Hall–Kier alpha value is -1.31. The van der Waals surface area contributed by atoms with E-state index in [9.17, 15) is 4.79 Å². The quantitative estimate of drug-likeness (QED) is 0.762. The molecule has 114 valence electrons. The van der Waals surface area contributed by atoms with E-state index >= 15 is 0 Å². The van der Waals surface area contributed by atoms with Gasteiger partial charge in [0.15, 0.2) is 0 Å². The second-order valence-electron chi connectivity index (χ2n) is 6.91. The van der Waals surface area contributed by atoms with Gasteiger partial charge in [-0.2, -0.15) is 0 Å². The number of cyclic esters (lactones) is 1. The molecule has 2 heteroatoms. The number of carbonyl (C=O) groups is 1. The molecule has 1 heterocycles. The van der Waals surface area contributed by atoms with Crippen molar-refractivity contribution in [1.82, 2.24) is 0 Å². The highest BCUT2D eigenvalue weighted by Gasteiger charge is 2.33. The number of hydrogen-bond donors (Lipinski definition) is 0. The molecular formula is C19H26O2. The van der Waals surface area contributed by atoms with E-state index in [1.165, 1.54) is 36.8 Å². The van der Waals surface area contributed by atoms with Gasteiger partial charge in [0.2, 0.25) is 0 Å². The van der Waals surface area contributed by atoms with Crippen LogP contribution >= 0.6 is 0 Å². The van der Waals surface area contributed by atoms with Crippen LogP contribution in [-0.4, -0.2) is 12.1 Å². The van der Waals surface area contributed by atoms with Crippen LogP contribution in [-0.2, 0) is 17.6 Å². The van der Waals surface area contributed by atoms with E-state index in [4.69, 9.17) is 4.74 Å². The highest BCUT2D eigenvalue weighted by Crippen LogP contribution is 2.35. The van der Waals surface area contributed by atoms with Gasteiger partial charge in [-0.15, -0.1) is 0 Å². The Balaban J connectivity index is 1.75. The molecule has 3 rings (SSSR count). The lowest BCUT2D eigenvalue weighted by Gasteiger charge is -2.35. The van der Waals surface area contributed by atoms with Gasteiger partial charge in [0, 0.05) is 6.42 Å². The lowest BCUT2D eigenvalue weighted by Crippen LogP contribution is -2.35. The third kappa shape index (κ3) is 3.14. The first-order valence-electron chi connectivity index (χ1n) is 8.50. The summed E-state index contributed by atoms with van der Waals surface area (Å²) in [6, 6.07) is 6.38. The summed E-state index contributed by atoms with van der Waals surface area (Å²) in [5.41, 5.74) is 3.24. The van der Waals surface area contributed by atoms with Crippen LogP contribution in [0.4, 0.5) is 0 Å². The number of carbonyl (C=O) groups excluding carboxylic acids is 1. The maximum Gasteiger partial charge on any atom is 0.338 e. The molecule has 0 bridgehead atoms. The average molecular weight is 286 g/mol. The Kier molecular flexibility index (Phi) is 4.32. The third-order valence-electron chi connectivity index (χ3n) is 5.20. The number of fused-ring (bicyclic) bond motifs is 1. The smallest absolute Gasteiger partial charge is 0.338 e. The maximum atomic E-state index is 12.3. The van der Waals surface area contributed by atoms with E-state index < -0.39 is 0 Å². The molecule has 1 atom stereocenters. The fourth-order valence-corrected chi connectivity index (χ4v) is 3.82. The normalized spacial score (nSPS) is 28.9. The molecule has 0 saturated heterocycles. The number of hydrogen-bond acceptors (Lipinski definition) is 2. The minimum Gasteiger partial charge on any atom is -0.458 e. The van der Waals surface area contributed by atoms with Crippen LogP contribution in [0, 0.1) is 11.8 Å². The number of aryl methyl sites for hydroxylation is 1. The van der Waals surface area contributed by atoms with Gasteiger partial charge >= 0.3 is 5.97 Å². The second kappa shape index (κ2) is 6.21. The Morgan fingerprint density at radius 1 is 1.19 bits per heavy atom. The van der Waals surface area contributed by atoms with Gasteiger partial charge in [0.05, 0.1) is 5.56 Å². The molecule has 0 amide bonds. The third-order valence-corrected chi connectivity index (χ3v) is 5.20. The van der Waals surface area contributed by atoms with Crippen LogP contribution in [0.1, 0.15) is 67.4 Å². The zero-order valence-electron chi connectivity index (χ0n) is 13.2. The minimum atomic E-state index is -0.0992. The first kappa shape index (κ1) is 14.6. The van der Waals surface area contributed by atoms with Crippen molar-refractivity contribution in [1.29, 1.82) is 0 Å². The van der Waals surface area contributed by atoms with Crippen molar-refractivity contribution in [3.8, 4) is 0 Å². The van der Waals surface area contributed by atoms with Crippen molar-refractivity contribution in [2.75, 3.05) is 0 Å². The lowest BCUT2D eigenvalue weighted by molar-refractivity contribution is 0.000476. The van der Waals surface area contributed by atoms with Gasteiger partial charge in [0.25, 0.3) is 0 Å². The molecule has 0 aromatic heterocycles. The summed E-state index contributed by atoms with van der Waals surface area (Å²) in [6.45, 7) is 4.49. The fourth-order valence-electron chi connectivity index (χ4n) is 3.82. The second-order valence-corrected chi connectivity index (χ2v) is 6.91. The van der Waals surface area contributed by atoms with Crippen molar-refractivity contribution in [2.24, 2.45) is 11.8 Å². The molecule has 1 fully saturated rings. The number of esters is 1. The summed E-state index contributed by atoms with van der Waals surface area (Å²) in [7, 11) is 0. The van der Waals surface area contributed by atoms with Crippen LogP contribution in [0.5, 0.6) is 0 Å². The molecule has 2 nitrogen and oxygen atoms in total. The van der Waals surface area contributed by atoms with Gasteiger partial charge in [-0.05, 0) is 48.3 Å². The van der Waals surface area contributed by atoms with Gasteiger partial charge in [-0.25, -0.2) is 4.79 Å². The molecule has 1 aromatic rings. The molecule has 21 heavy (non-hydrogen) atoms. The van der Waals surface area contributed by atoms with E-state index in [1.807, 2.05) is 6.07 Å². The zero-order chi connectivity index (χ0) is 14.8. The number of rotatable bonds is 3. The molecule has 1 aromatic carbocycles. The van der Waals surface area contributed by atoms with Crippen LogP contribution in [0.25, 0.3) is 0 Å². The van der Waals surface area contributed by atoms with Crippen LogP contribution in [0.15, 0.2) is 18.2 Å². The van der Waals surface area contributed by atoms with Crippen molar-refractivity contribution in [3.05, 3.63) is 34.9 Å². The molecular weight excluding hydrogens is 260 g/mol. The zero-order valence-corrected chi connectivity index (χ0v) is 13.2. The molecule has 1 unspecified atom stereocenters. The van der Waals surface area contributed by atoms with Crippen molar-refractivity contribution >= 4 is 5.97 Å². The molecule has 2 aliphatic rings. The van der Waals surface area contributed by atoms with Gasteiger partial charge in [-0.3, -0.25) is 0 Å². The summed E-state index contributed by atoms with van der Waals surface area (Å²) >= 11 is 0. The highest BCUT2D eigenvalue weighted by atomic mass is 16.5. The van der Waals surface area contributed by atoms with Crippen molar-refractivity contribution < 1.29 is 9.53 Å². The van der Waals surface area contributed by atoms with E-state index in [-0.39, 0.29) is 12.1 Å². The van der Waals surface area contributed by atoms with Crippen molar-refractivity contribution in [2.45, 2.75) is 64.9 Å². The standard InChI is InChI=1S/C19H26O2/c1-3-4-14-7-10-16-12-18(21-19(20)17(16)11-14)15-8-5-13(2)6-9-15/h7,10-11,13,15,18H,3-6,8-9,12H2,1-2H3. The van der Waals surface area contributed by atoms with Gasteiger partial charge in [0.1, 0.15) is 6.10 Å². The van der Waals surface area contributed by atoms with E-state index in [0.717, 1.165) is 30.7 Å². The summed E-state index contributed by atoms with van der Waals surface area (Å²) in [6.07, 6.45) is 8.13. The van der Waals surface area contributed by atoms with Gasteiger partial charge < -0.3 is 4.74 Å². The Morgan fingerprint density at radius 2 is 1.95 bits per heavy atom. The van der Waals surface area contributed by atoms with E-state index in [2.05, 4.69) is 26.0 Å². The SMILES string of the molecule is CCCc1ccc2c(c1)C(=O)OC(C1CCC(C)CC1)C2. The summed E-state index contributed by atoms with van der Waals surface area (Å²) in [5, 5.41) is 0. The average Bonchev–Trinajstić information content (AvgIpc) is 2.49. The summed E-state index contributed by atoms with van der Waals surface area (Å²) in [5.74, 6) is 1.30. The van der Waals surface area contributed by atoms with Crippen LogP contribution < -0.4 is 0 Å². The molecule has 1 aliphatic heterocycles. The molecule has 1 aliphatic carbocycles. The van der Waals surface area contributed by atoms with Crippen LogP contribution in [0.2, 0.25) is 0 Å². The lowest BCUT2D eigenvalue weighted by atomic mass is 9.77. The van der Waals surface area contributed by atoms with Crippen LogP contribution in [0.3, 0.4) is 0 Å². The topological polar surface area (TPSA) is 26.3 Å². The predicted octanol–water partition coefficient (Wildman–Crippen LogP) is 4.55. The summed E-state index contributed by atoms with van der Waals surface area (Å²) in [4.78, 5) is 12.3. The monoisotopic (exact) mass is 286 g/mol. The molecule has 1 saturated carbocycles. The first-order valence-corrected chi connectivity index (χ1v) is 8.50. The number of benzene rings is 1. The first-order chi connectivity index (χ1) is 10.2. The van der Waals surface area contributed by atoms with Gasteiger partial charge in [-0.1, -0.05) is 45.2 Å². The minimum absolute atomic E-state index is 0.0992. The highest BCUT2D eigenvalue weighted by molar-refractivity contribution is 5.92. The number of ether oxygens (including phenoxy) is 1. The van der Waals surface area contributed by atoms with E-state index in [1.54, 1.807) is 0 Å². The maximum absolute atomic E-state index is 12.3. The van der Waals surface area contributed by atoms with Crippen molar-refractivity contribution in [3.63, 3.8) is 0 Å².